The zero-order chi connectivity index (χ0) is 12.7. The van der Waals surface area contributed by atoms with E-state index in [0.29, 0.717) is 13.0 Å². The number of carboxylic acids is 1. The van der Waals surface area contributed by atoms with E-state index < -0.39 is 12.0 Å². The van der Waals surface area contributed by atoms with Crippen LogP contribution in [0.4, 0.5) is 0 Å². The number of aliphatic carboxylic acids is 1. The first-order valence-corrected chi connectivity index (χ1v) is 7.05. The fraction of sp³-hybridized carbons (Fsp3) is 0.667. The highest BCUT2D eigenvalue weighted by molar-refractivity contribution is 9.10. The molecule has 1 N–H and O–H groups in total. The van der Waals surface area contributed by atoms with Crippen LogP contribution in [0.1, 0.15) is 42.7 Å². The summed E-state index contributed by atoms with van der Waals surface area (Å²) < 4.78 is 8.12. The Kier molecular flexibility index (Phi) is 3.15. The third-order valence-electron chi connectivity index (χ3n) is 3.77. The molecule has 3 rings (SSSR count). The van der Waals surface area contributed by atoms with Gasteiger partial charge in [-0.1, -0.05) is 0 Å². The Morgan fingerprint density at radius 2 is 2.33 bits per heavy atom. The Labute approximate surface area is 113 Å². The molecule has 2 atom stereocenters. The van der Waals surface area contributed by atoms with Gasteiger partial charge in [0.1, 0.15) is 16.5 Å². The van der Waals surface area contributed by atoms with Crippen LogP contribution in [0.15, 0.2) is 4.60 Å². The standard InChI is InChI=1S/C12H15BrN2O3/c13-10-8-2-1-3-9(12(16)17)15(8)11(14-10)7-4-5-18-6-7/h7,9H,1-6H2,(H,16,17). The van der Waals surface area contributed by atoms with Crippen molar-refractivity contribution in [3.63, 3.8) is 0 Å². The molecule has 0 bridgehead atoms. The van der Waals surface area contributed by atoms with Gasteiger partial charge >= 0.3 is 5.97 Å². The van der Waals surface area contributed by atoms with Gasteiger partial charge in [-0.15, -0.1) is 0 Å². The van der Waals surface area contributed by atoms with E-state index >= 15 is 0 Å². The summed E-state index contributed by atoms with van der Waals surface area (Å²) in [6.07, 6.45) is 3.41. The van der Waals surface area contributed by atoms with Crippen LogP contribution in [-0.2, 0) is 16.0 Å². The molecule has 1 aromatic heterocycles. The van der Waals surface area contributed by atoms with Gasteiger partial charge in [0, 0.05) is 12.5 Å². The monoisotopic (exact) mass is 314 g/mol. The van der Waals surface area contributed by atoms with E-state index in [1.54, 1.807) is 0 Å². The van der Waals surface area contributed by atoms with E-state index in [4.69, 9.17) is 4.74 Å². The van der Waals surface area contributed by atoms with Crippen molar-refractivity contribution in [2.24, 2.45) is 0 Å². The minimum absolute atomic E-state index is 0.231. The molecule has 2 aliphatic heterocycles. The molecule has 18 heavy (non-hydrogen) atoms. The zero-order valence-corrected chi connectivity index (χ0v) is 11.5. The number of hydrogen-bond acceptors (Lipinski definition) is 3. The molecule has 0 amide bonds. The molecule has 0 aromatic carbocycles. The molecule has 1 saturated heterocycles. The number of carboxylic acid groups (broad SMARTS) is 1. The lowest BCUT2D eigenvalue weighted by atomic mass is 10.0. The predicted molar refractivity (Wildman–Crippen MR) is 67.7 cm³/mol. The lowest BCUT2D eigenvalue weighted by molar-refractivity contribution is -0.141. The number of imidazole rings is 1. The average Bonchev–Trinajstić information content (AvgIpc) is 2.97. The van der Waals surface area contributed by atoms with Crippen LogP contribution in [0, 0.1) is 0 Å². The summed E-state index contributed by atoms with van der Waals surface area (Å²) in [5.41, 5.74) is 1.02. The van der Waals surface area contributed by atoms with Crippen LogP contribution in [-0.4, -0.2) is 33.8 Å². The Balaban J connectivity index is 2.07. The highest BCUT2D eigenvalue weighted by Crippen LogP contribution is 2.36. The van der Waals surface area contributed by atoms with Crippen LogP contribution in [0.2, 0.25) is 0 Å². The summed E-state index contributed by atoms with van der Waals surface area (Å²) in [5, 5.41) is 9.37. The molecule has 5 nitrogen and oxygen atoms in total. The van der Waals surface area contributed by atoms with Gasteiger partial charge in [-0.3, -0.25) is 0 Å². The Morgan fingerprint density at radius 3 is 3.00 bits per heavy atom. The number of carbonyl (C=O) groups is 1. The van der Waals surface area contributed by atoms with E-state index in [-0.39, 0.29) is 5.92 Å². The van der Waals surface area contributed by atoms with Crippen molar-refractivity contribution in [2.45, 2.75) is 37.6 Å². The topological polar surface area (TPSA) is 64.3 Å². The Bertz CT molecular complexity index is 480. The minimum Gasteiger partial charge on any atom is -0.480 e. The highest BCUT2D eigenvalue weighted by Gasteiger charge is 2.34. The average molecular weight is 315 g/mol. The molecule has 1 fully saturated rings. The fourth-order valence-corrected chi connectivity index (χ4v) is 3.45. The molecule has 1 aromatic rings. The molecule has 6 heteroatoms. The summed E-state index contributed by atoms with van der Waals surface area (Å²) in [5.74, 6) is 0.345. The SMILES string of the molecule is O=C(O)C1CCCc2c(Br)nc(C3CCOC3)n21. The molecular weight excluding hydrogens is 300 g/mol. The van der Waals surface area contributed by atoms with Crippen LogP contribution in [0.25, 0.3) is 0 Å². The molecular formula is C12H15BrN2O3. The quantitative estimate of drug-likeness (QED) is 0.908. The number of aromatic nitrogens is 2. The third kappa shape index (κ3) is 1.87. The lowest BCUT2D eigenvalue weighted by Crippen LogP contribution is -2.27. The van der Waals surface area contributed by atoms with Crippen LogP contribution < -0.4 is 0 Å². The molecule has 3 heterocycles. The molecule has 0 aliphatic carbocycles. The van der Waals surface area contributed by atoms with Crippen molar-refractivity contribution in [1.82, 2.24) is 9.55 Å². The number of nitrogens with zero attached hydrogens (tertiary/aromatic N) is 2. The number of halogens is 1. The predicted octanol–water partition coefficient (Wildman–Crippen LogP) is 2.11. The van der Waals surface area contributed by atoms with Crippen LogP contribution in [0.3, 0.4) is 0 Å². The van der Waals surface area contributed by atoms with Gasteiger partial charge in [-0.25, -0.2) is 9.78 Å². The fourth-order valence-electron chi connectivity index (χ4n) is 2.88. The van der Waals surface area contributed by atoms with Gasteiger partial charge < -0.3 is 14.4 Å². The number of rotatable bonds is 2. The van der Waals surface area contributed by atoms with Gasteiger partial charge in [0.05, 0.1) is 12.3 Å². The number of hydrogen-bond donors (Lipinski definition) is 1. The maximum absolute atomic E-state index is 11.4. The van der Waals surface area contributed by atoms with Gasteiger partial charge in [-0.2, -0.15) is 0 Å². The summed E-state index contributed by atoms with van der Waals surface area (Å²) in [7, 11) is 0. The second-order valence-corrected chi connectivity index (χ2v) is 5.64. The summed E-state index contributed by atoms with van der Waals surface area (Å²) in [6, 6.07) is -0.469. The normalized spacial score (nSPS) is 27.2. The van der Waals surface area contributed by atoms with E-state index in [0.717, 1.165) is 42.0 Å². The first-order valence-electron chi connectivity index (χ1n) is 6.25. The van der Waals surface area contributed by atoms with E-state index in [2.05, 4.69) is 20.9 Å². The molecule has 2 aliphatic rings. The van der Waals surface area contributed by atoms with Crippen molar-refractivity contribution in [2.75, 3.05) is 13.2 Å². The largest absolute Gasteiger partial charge is 0.480 e. The second kappa shape index (κ2) is 4.66. The van der Waals surface area contributed by atoms with E-state index in [9.17, 15) is 9.90 Å². The van der Waals surface area contributed by atoms with Gasteiger partial charge in [0.2, 0.25) is 0 Å². The highest BCUT2D eigenvalue weighted by atomic mass is 79.9. The zero-order valence-electron chi connectivity index (χ0n) is 9.93. The summed E-state index contributed by atoms with van der Waals surface area (Å²) >= 11 is 3.46. The van der Waals surface area contributed by atoms with E-state index in [1.807, 2.05) is 4.57 Å². The van der Waals surface area contributed by atoms with E-state index in [1.165, 1.54) is 0 Å². The summed E-state index contributed by atoms with van der Waals surface area (Å²) in [4.78, 5) is 15.9. The van der Waals surface area contributed by atoms with Crippen LogP contribution >= 0.6 is 15.9 Å². The second-order valence-electron chi connectivity index (χ2n) is 4.88. The molecule has 0 spiro atoms. The van der Waals surface area contributed by atoms with Crippen molar-refractivity contribution >= 4 is 21.9 Å². The van der Waals surface area contributed by atoms with Crippen molar-refractivity contribution in [1.29, 1.82) is 0 Å². The van der Waals surface area contributed by atoms with Gasteiger partial charge in [-0.05, 0) is 41.6 Å². The van der Waals surface area contributed by atoms with Crippen molar-refractivity contribution in [3.05, 3.63) is 16.1 Å². The van der Waals surface area contributed by atoms with Crippen molar-refractivity contribution in [3.8, 4) is 0 Å². The van der Waals surface area contributed by atoms with Crippen molar-refractivity contribution < 1.29 is 14.6 Å². The van der Waals surface area contributed by atoms with Gasteiger partial charge in [0.25, 0.3) is 0 Å². The Morgan fingerprint density at radius 1 is 1.50 bits per heavy atom. The maximum atomic E-state index is 11.4. The molecule has 0 radical (unpaired) electrons. The maximum Gasteiger partial charge on any atom is 0.326 e. The first kappa shape index (κ1) is 12.2. The summed E-state index contributed by atoms with van der Waals surface area (Å²) in [6.45, 7) is 1.39. The minimum atomic E-state index is -0.763. The molecule has 2 unspecified atom stereocenters. The smallest absolute Gasteiger partial charge is 0.326 e. The Hall–Kier alpha value is -0.880. The van der Waals surface area contributed by atoms with Crippen LogP contribution in [0.5, 0.6) is 0 Å². The molecule has 98 valence electrons. The first-order chi connectivity index (χ1) is 8.68. The number of ether oxygens (including phenoxy) is 1. The lowest BCUT2D eigenvalue weighted by Gasteiger charge is -2.25. The van der Waals surface area contributed by atoms with Gasteiger partial charge in [0.15, 0.2) is 0 Å². The third-order valence-corrected chi connectivity index (χ3v) is 4.41. The molecule has 0 saturated carbocycles. The number of fused-ring (bicyclic) bond motifs is 1.